The van der Waals surface area contributed by atoms with E-state index in [2.05, 4.69) is 15.7 Å². The normalized spacial score (nSPS) is 19.4. The number of amides is 2. The summed E-state index contributed by atoms with van der Waals surface area (Å²) in [6.45, 7) is 1.40. The molecule has 8 heteroatoms. The quantitative estimate of drug-likeness (QED) is 0.636. The van der Waals surface area contributed by atoms with Gasteiger partial charge in [0.05, 0.1) is 17.8 Å². The lowest BCUT2D eigenvalue weighted by Crippen LogP contribution is -2.28. The van der Waals surface area contributed by atoms with Crippen molar-refractivity contribution in [2.24, 2.45) is 18.7 Å². The zero-order valence-corrected chi connectivity index (χ0v) is 15.5. The summed E-state index contributed by atoms with van der Waals surface area (Å²) in [5, 5.41) is 10.6. The molecule has 2 atom stereocenters. The minimum atomic E-state index is -0.324. The molecule has 0 radical (unpaired) electrons. The fraction of sp³-hybridized carbons (Fsp3) is 0.389. The standard InChI is InChI=1S/C18H23N5O2S/c1-23-11-12(8-21-23)13-9-20-10-14(13)18(25)22-15-4-2-3-5-16(15)26-7-6-17(19)24/h2-5,8,11,13-14,20H,6-7,9-10H2,1H3,(H2,19,24)(H,22,25)/t13-,14+/m1/s1. The molecule has 1 fully saturated rings. The first kappa shape index (κ1) is 18.5. The van der Waals surface area contributed by atoms with Gasteiger partial charge in [-0.05, 0) is 17.7 Å². The third-order valence-corrected chi connectivity index (χ3v) is 5.53. The van der Waals surface area contributed by atoms with Gasteiger partial charge in [0.2, 0.25) is 11.8 Å². The van der Waals surface area contributed by atoms with Gasteiger partial charge in [-0.25, -0.2) is 0 Å². The van der Waals surface area contributed by atoms with Crippen molar-refractivity contribution in [1.29, 1.82) is 0 Å². The Kier molecular flexibility index (Phi) is 5.95. The van der Waals surface area contributed by atoms with Crippen molar-refractivity contribution < 1.29 is 9.59 Å². The summed E-state index contributed by atoms with van der Waals surface area (Å²) in [4.78, 5) is 24.7. The molecule has 2 heterocycles. The Balaban J connectivity index is 1.68. The van der Waals surface area contributed by atoms with Crippen LogP contribution in [-0.4, -0.2) is 40.4 Å². The van der Waals surface area contributed by atoms with Gasteiger partial charge < -0.3 is 16.4 Å². The van der Waals surface area contributed by atoms with Gasteiger partial charge in [0.1, 0.15) is 0 Å². The molecule has 0 bridgehead atoms. The van der Waals surface area contributed by atoms with E-state index in [1.165, 1.54) is 11.8 Å². The third-order valence-electron chi connectivity index (χ3n) is 4.45. The summed E-state index contributed by atoms with van der Waals surface area (Å²) in [5.74, 6) is 0.217. The number of rotatable bonds is 7. The number of primary amides is 1. The molecule has 1 aromatic carbocycles. The number of nitrogens with two attached hydrogens (primary N) is 1. The largest absolute Gasteiger partial charge is 0.370 e. The number of aromatic nitrogens is 2. The summed E-state index contributed by atoms with van der Waals surface area (Å²) in [7, 11) is 1.88. The summed E-state index contributed by atoms with van der Waals surface area (Å²) in [6, 6.07) is 7.62. The van der Waals surface area contributed by atoms with E-state index in [1.54, 1.807) is 4.68 Å². The van der Waals surface area contributed by atoms with Crippen molar-refractivity contribution in [3.63, 3.8) is 0 Å². The lowest BCUT2D eigenvalue weighted by Gasteiger charge is -2.18. The van der Waals surface area contributed by atoms with Crippen LogP contribution in [0.15, 0.2) is 41.6 Å². The maximum Gasteiger partial charge on any atom is 0.229 e. The van der Waals surface area contributed by atoms with E-state index in [0.29, 0.717) is 18.7 Å². The highest BCUT2D eigenvalue weighted by atomic mass is 32.2. The van der Waals surface area contributed by atoms with Crippen molar-refractivity contribution in [2.45, 2.75) is 17.2 Å². The second kappa shape index (κ2) is 8.37. The molecule has 0 unspecified atom stereocenters. The van der Waals surface area contributed by atoms with Crippen LogP contribution in [0.3, 0.4) is 0 Å². The molecule has 1 aliphatic rings. The molecule has 1 saturated heterocycles. The Morgan fingerprint density at radius 1 is 1.38 bits per heavy atom. The molecule has 0 saturated carbocycles. The second-order valence-corrected chi connectivity index (χ2v) is 7.51. The molecule has 1 aliphatic heterocycles. The smallest absolute Gasteiger partial charge is 0.229 e. The van der Waals surface area contributed by atoms with Gasteiger partial charge in [0.15, 0.2) is 0 Å². The van der Waals surface area contributed by atoms with Crippen molar-refractivity contribution in [2.75, 3.05) is 24.2 Å². The topological polar surface area (TPSA) is 102 Å². The van der Waals surface area contributed by atoms with Crippen LogP contribution in [0.4, 0.5) is 5.69 Å². The molecule has 2 aromatic rings. The first-order chi connectivity index (χ1) is 12.5. The number of carbonyl (C=O) groups excluding carboxylic acids is 2. The molecular weight excluding hydrogens is 350 g/mol. The number of anilines is 1. The summed E-state index contributed by atoms with van der Waals surface area (Å²) >= 11 is 1.52. The number of thioether (sulfide) groups is 1. The van der Waals surface area contributed by atoms with Crippen LogP contribution in [0, 0.1) is 5.92 Å². The fourth-order valence-corrected chi connectivity index (χ4v) is 4.09. The maximum absolute atomic E-state index is 12.9. The van der Waals surface area contributed by atoms with Crippen LogP contribution in [0.2, 0.25) is 0 Å². The van der Waals surface area contributed by atoms with Gasteiger partial charge in [-0.1, -0.05) is 12.1 Å². The molecule has 138 valence electrons. The number of hydrogen-bond donors (Lipinski definition) is 3. The van der Waals surface area contributed by atoms with E-state index in [0.717, 1.165) is 22.7 Å². The Bertz CT molecular complexity index is 791. The lowest BCUT2D eigenvalue weighted by molar-refractivity contribution is -0.120. The Hall–Kier alpha value is -2.32. The van der Waals surface area contributed by atoms with Crippen molar-refractivity contribution in [3.8, 4) is 0 Å². The van der Waals surface area contributed by atoms with Crippen LogP contribution in [0.1, 0.15) is 17.9 Å². The van der Waals surface area contributed by atoms with Crippen LogP contribution >= 0.6 is 11.8 Å². The molecule has 2 amide bonds. The van der Waals surface area contributed by atoms with Gasteiger partial charge in [-0.2, -0.15) is 5.10 Å². The summed E-state index contributed by atoms with van der Waals surface area (Å²) < 4.78 is 1.76. The Morgan fingerprint density at radius 2 is 2.19 bits per heavy atom. The predicted octanol–water partition coefficient (Wildman–Crippen LogP) is 1.33. The Morgan fingerprint density at radius 3 is 2.92 bits per heavy atom. The molecule has 0 aliphatic carbocycles. The number of nitrogens with zero attached hydrogens (tertiary/aromatic N) is 2. The van der Waals surface area contributed by atoms with E-state index in [-0.39, 0.29) is 23.7 Å². The van der Waals surface area contributed by atoms with Gasteiger partial charge in [-0.15, -0.1) is 11.8 Å². The molecule has 3 rings (SSSR count). The van der Waals surface area contributed by atoms with E-state index in [9.17, 15) is 9.59 Å². The van der Waals surface area contributed by atoms with E-state index < -0.39 is 0 Å². The lowest BCUT2D eigenvalue weighted by atomic mass is 9.90. The molecule has 4 N–H and O–H groups in total. The van der Waals surface area contributed by atoms with Crippen LogP contribution in [0.25, 0.3) is 0 Å². The first-order valence-corrected chi connectivity index (χ1v) is 9.53. The minimum Gasteiger partial charge on any atom is -0.370 e. The highest BCUT2D eigenvalue weighted by molar-refractivity contribution is 7.99. The number of para-hydroxylation sites is 1. The molecule has 26 heavy (non-hydrogen) atoms. The second-order valence-electron chi connectivity index (χ2n) is 6.37. The van der Waals surface area contributed by atoms with E-state index >= 15 is 0 Å². The third kappa shape index (κ3) is 4.44. The molecule has 7 nitrogen and oxygen atoms in total. The molecular formula is C18H23N5O2S. The van der Waals surface area contributed by atoms with E-state index in [1.807, 2.05) is 43.7 Å². The number of aryl methyl sites for hydroxylation is 1. The zero-order chi connectivity index (χ0) is 18.5. The monoisotopic (exact) mass is 373 g/mol. The summed E-state index contributed by atoms with van der Waals surface area (Å²) in [6.07, 6.45) is 4.10. The predicted molar refractivity (Wildman–Crippen MR) is 102 cm³/mol. The zero-order valence-electron chi connectivity index (χ0n) is 14.6. The average molecular weight is 373 g/mol. The average Bonchev–Trinajstić information content (AvgIpc) is 3.24. The van der Waals surface area contributed by atoms with Crippen molar-refractivity contribution in [3.05, 3.63) is 42.2 Å². The highest BCUT2D eigenvalue weighted by Gasteiger charge is 2.34. The van der Waals surface area contributed by atoms with Gasteiger partial charge in [-0.3, -0.25) is 14.3 Å². The SMILES string of the molecule is Cn1cc([C@H]2CNC[C@@H]2C(=O)Nc2ccccc2SCCC(N)=O)cn1. The number of hydrogen-bond acceptors (Lipinski definition) is 5. The minimum absolute atomic E-state index is 0.00759. The molecule has 1 aromatic heterocycles. The number of carbonyl (C=O) groups is 2. The van der Waals surface area contributed by atoms with Crippen molar-refractivity contribution >= 4 is 29.3 Å². The van der Waals surface area contributed by atoms with Gasteiger partial charge in [0, 0.05) is 49.3 Å². The van der Waals surface area contributed by atoms with Crippen LogP contribution < -0.4 is 16.4 Å². The summed E-state index contributed by atoms with van der Waals surface area (Å²) in [5.41, 5.74) is 7.03. The Labute approximate surface area is 156 Å². The number of benzene rings is 1. The van der Waals surface area contributed by atoms with Crippen LogP contribution in [0.5, 0.6) is 0 Å². The van der Waals surface area contributed by atoms with Gasteiger partial charge in [0.25, 0.3) is 0 Å². The number of nitrogens with one attached hydrogen (secondary N) is 2. The highest BCUT2D eigenvalue weighted by Crippen LogP contribution is 2.31. The van der Waals surface area contributed by atoms with Gasteiger partial charge >= 0.3 is 0 Å². The van der Waals surface area contributed by atoms with Crippen molar-refractivity contribution in [1.82, 2.24) is 15.1 Å². The maximum atomic E-state index is 12.9. The van der Waals surface area contributed by atoms with Crippen LogP contribution in [-0.2, 0) is 16.6 Å². The fourth-order valence-electron chi connectivity index (χ4n) is 3.12. The molecule has 0 spiro atoms. The first-order valence-electron chi connectivity index (χ1n) is 8.55. The van der Waals surface area contributed by atoms with E-state index in [4.69, 9.17) is 5.73 Å².